The molecule has 0 saturated heterocycles. The molecule has 1 N–H and O–H groups in total. The quantitative estimate of drug-likeness (QED) is 0.915. The van der Waals surface area contributed by atoms with Crippen LogP contribution < -0.4 is 9.47 Å². The Bertz CT molecular complexity index is 600. The summed E-state index contributed by atoms with van der Waals surface area (Å²) in [5, 5.41) is 11.4. The zero-order valence-electron chi connectivity index (χ0n) is 11.4. The maximum atomic E-state index is 9.25. The second kappa shape index (κ2) is 5.76. The maximum absolute atomic E-state index is 9.25. The third-order valence-electron chi connectivity index (χ3n) is 2.93. The van der Waals surface area contributed by atoms with Crippen LogP contribution in [-0.2, 0) is 0 Å². The summed E-state index contributed by atoms with van der Waals surface area (Å²) >= 11 is 0. The zero-order chi connectivity index (χ0) is 13.8. The fraction of sp³-hybridized carbons (Fsp3) is 0.250. The number of benzene rings is 2. The van der Waals surface area contributed by atoms with Gasteiger partial charge in [-0.3, -0.25) is 0 Å². The van der Waals surface area contributed by atoms with Crippen molar-refractivity contribution in [3.05, 3.63) is 42.0 Å². The van der Waals surface area contributed by atoms with Crippen LogP contribution in [-0.4, -0.2) is 25.4 Å². The monoisotopic (exact) mass is 258 g/mol. The minimum absolute atomic E-state index is 0.443. The van der Waals surface area contributed by atoms with E-state index in [1.54, 1.807) is 27.2 Å². The van der Waals surface area contributed by atoms with Crippen molar-refractivity contribution >= 4 is 16.8 Å². The second-order valence-corrected chi connectivity index (χ2v) is 4.41. The molecule has 1 unspecified atom stereocenters. The summed E-state index contributed by atoms with van der Waals surface area (Å²) in [5.41, 5.74) is 1.04. The number of aliphatic hydroxyl groups excluding tert-OH is 1. The van der Waals surface area contributed by atoms with Crippen molar-refractivity contribution in [2.45, 2.75) is 13.0 Å². The first-order valence-electron chi connectivity index (χ1n) is 6.16. The molecule has 0 aliphatic rings. The van der Waals surface area contributed by atoms with Crippen LogP contribution in [0.15, 0.2) is 36.4 Å². The van der Waals surface area contributed by atoms with Crippen LogP contribution in [0.2, 0.25) is 0 Å². The van der Waals surface area contributed by atoms with E-state index < -0.39 is 6.10 Å². The molecule has 2 rings (SSSR count). The largest absolute Gasteiger partial charge is 0.493 e. The summed E-state index contributed by atoms with van der Waals surface area (Å²) in [4.78, 5) is 0. The van der Waals surface area contributed by atoms with E-state index in [9.17, 15) is 5.11 Å². The normalized spacial score (nSPS) is 12.8. The smallest absolute Gasteiger partial charge is 0.161 e. The van der Waals surface area contributed by atoms with E-state index in [2.05, 4.69) is 6.07 Å². The first-order chi connectivity index (χ1) is 9.13. The van der Waals surface area contributed by atoms with E-state index in [0.717, 1.165) is 22.1 Å². The van der Waals surface area contributed by atoms with Crippen molar-refractivity contribution in [2.24, 2.45) is 0 Å². The molecular formula is C16H18O3. The molecule has 3 heteroatoms. The van der Waals surface area contributed by atoms with Crippen LogP contribution in [0.3, 0.4) is 0 Å². The molecule has 0 radical (unpaired) electrons. The Hall–Kier alpha value is -2.00. The molecule has 0 heterocycles. The topological polar surface area (TPSA) is 38.7 Å². The number of hydrogen-bond donors (Lipinski definition) is 1. The van der Waals surface area contributed by atoms with E-state index in [-0.39, 0.29) is 0 Å². The summed E-state index contributed by atoms with van der Waals surface area (Å²) in [7, 11) is 3.25. The minimum atomic E-state index is -0.443. The number of rotatable bonds is 4. The van der Waals surface area contributed by atoms with E-state index in [4.69, 9.17) is 9.47 Å². The molecule has 0 aliphatic carbocycles. The summed E-state index contributed by atoms with van der Waals surface area (Å²) in [6, 6.07) is 9.99. The highest BCUT2D eigenvalue weighted by atomic mass is 16.5. The molecule has 0 spiro atoms. The highest BCUT2D eigenvalue weighted by Gasteiger charge is 2.05. The molecule has 0 saturated carbocycles. The van der Waals surface area contributed by atoms with Gasteiger partial charge >= 0.3 is 0 Å². The van der Waals surface area contributed by atoms with Crippen molar-refractivity contribution in [2.75, 3.05) is 14.2 Å². The van der Waals surface area contributed by atoms with Crippen LogP contribution in [0.1, 0.15) is 12.5 Å². The van der Waals surface area contributed by atoms with E-state index >= 15 is 0 Å². The lowest BCUT2D eigenvalue weighted by atomic mass is 10.1. The molecule has 0 amide bonds. The van der Waals surface area contributed by atoms with Crippen molar-refractivity contribution in [1.29, 1.82) is 0 Å². The SMILES string of the molecule is COc1cc2ccc(/C=C/C(C)O)cc2cc1OC. The fourth-order valence-electron chi connectivity index (χ4n) is 1.95. The van der Waals surface area contributed by atoms with Crippen molar-refractivity contribution in [3.63, 3.8) is 0 Å². The van der Waals surface area contributed by atoms with Crippen LogP contribution in [0, 0.1) is 0 Å². The van der Waals surface area contributed by atoms with Gasteiger partial charge in [-0.2, -0.15) is 0 Å². The standard InChI is InChI=1S/C16H18O3/c1-11(17)4-5-12-6-7-13-9-15(18-2)16(19-3)10-14(13)8-12/h4-11,17H,1-3H3/b5-4+. The Balaban J connectivity index is 2.47. The molecule has 3 nitrogen and oxygen atoms in total. The fourth-order valence-corrected chi connectivity index (χ4v) is 1.95. The Morgan fingerprint density at radius 2 is 1.63 bits per heavy atom. The van der Waals surface area contributed by atoms with Gasteiger partial charge in [0.2, 0.25) is 0 Å². The lowest BCUT2D eigenvalue weighted by molar-refractivity contribution is 0.245. The summed E-state index contributed by atoms with van der Waals surface area (Å²) in [6.45, 7) is 1.73. The van der Waals surface area contributed by atoms with E-state index in [0.29, 0.717) is 5.75 Å². The molecule has 1 atom stereocenters. The van der Waals surface area contributed by atoms with Crippen LogP contribution in [0.5, 0.6) is 11.5 Å². The van der Waals surface area contributed by atoms with E-state index in [1.807, 2.05) is 30.3 Å². The lowest BCUT2D eigenvalue weighted by Crippen LogP contribution is -1.92. The molecular weight excluding hydrogens is 240 g/mol. The molecule has 0 bridgehead atoms. The highest BCUT2D eigenvalue weighted by molar-refractivity contribution is 5.88. The highest BCUT2D eigenvalue weighted by Crippen LogP contribution is 2.32. The Labute approximate surface area is 113 Å². The number of methoxy groups -OCH3 is 2. The maximum Gasteiger partial charge on any atom is 0.161 e. The van der Waals surface area contributed by atoms with Gasteiger partial charge in [0.15, 0.2) is 11.5 Å². The van der Waals surface area contributed by atoms with Gasteiger partial charge in [-0.25, -0.2) is 0 Å². The summed E-state index contributed by atoms with van der Waals surface area (Å²) in [5.74, 6) is 1.44. The lowest BCUT2D eigenvalue weighted by Gasteiger charge is -2.09. The second-order valence-electron chi connectivity index (χ2n) is 4.41. The first-order valence-corrected chi connectivity index (χ1v) is 6.16. The molecule has 19 heavy (non-hydrogen) atoms. The average Bonchev–Trinajstić information content (AvgIpc) is 2.43. The number of fused-ring (bicyclic) bond motifs is 1. The van der Waals surface area contributed by atoms with Crippen molar-refractivity contribution in [1.82, 2.24) is 0 Å². The number of aliphatic hydroxyl groups is 1. The van der Waals surface area contributed by atoms with Gasteiger partial charge in [0, 0.05) is 0 Å². The Kier molecular flexibility index (Phi) is 4.07. The van der Waals surface area contributed by atoms with Crippen molar-refractivity contribution < 1.29 is 14.6 Å². The van der Waals surface area contributed by atoms with Gasteiger partial charge in [-0.05, 0) is 41.5 Å². The summed E-state index contributed by atoms with van der Waals surface area (Å²) < 4.78 is 10.6. The van der Waals surface area contributed by atoms with Gasteiger partial charge in [0.1, 0.15) is 0 Å². The Morgan fingerprint density at radius 1 is 1.00 bits per heavy atom. The summed E-state index contributed by atoms with van der Waals surface area (Å²) in [6.07, 6.45) is 3.21. The molecule has 0 aliphatic heterocycles. The first kappa shape index (κ1) is 13.4. The Morgan fingerprint density at radius 3 is 2.21 bits per heavy atom. The molecule has 2 aromatic carbocycles. The van der Waals surface area contributed by atoms with Crippen LogP contribution in [0.25, 0.3) is 16.8 Å². The third-order valence-corrected chi connectivity index (χ3v) is 2.93. The molecule has 0 fully saturated rings. The molecule has 2 aromatic rings. The third kappa shape index (κ3) is 3.06. The molecule has 100 valence electrons. The van der Waals surface area contributed by atoms with Gasteiger partial charge < -0.3 is 14.6 Å². The predicted octanol–water partition coefficient (Wildman–Crippen LogP) is 3.25. The zero-order valence-corrected chi connectivity index (χ0v) is 11.4. The van der Waals surface area contributed by atoms with Crippen molar-refractivity contribution in [3.8, 4) is 11.5 Å². The number of hydrogen-bond acceptors (Lipinski definition) is 3. The predicted molar refractivity (Wildman–Crippen MR) is 77.8 cm³/mol. The number of ether oxygens (including phenoxy) is 2. The van der Waals surface area contributed by atoms with Crippen LogP contribution in [0.4, 0.5) is 0 Å². The van der Waals surface area contributed by atoms with Gasteiger partial charge in [-0.15, -0.1) is 0 Å². The average molecular weight is 258 g/mol. The van der Waals surface area contributed by atoms with Crippen LogP contribution >= 0.6 is 0 Å². The van der Waals surface area contributed by atoms with E-state index in [1.165, 1.54) is 0 Å². The van der Waals surface area contributed by atoms with Gasteiger partial charge in [0.25, 0.3) is 0 Å². The minimum Gasteiger partial charge on any atom is -0.493 e. The molecule has 0 aromatic heterocycles. The van der Waals surface area contributed by atoms with Gasteiger partial charge in [-0.1, -0.05) is 24.3 Å². The van der Waals surface area contributed by atoms with Gasteiger partial charge in [0.05, 0.1) is 20.3 Å².